The van der Waals surface area contributed by atoms with Crippen molar-refractivity contribution >= 4 is 43.7 Å². The van der Waals surface area contributed by atoms with E-state index in [0.717, 1.165) is 0 Å². The molecule has 0 atom stereocenters. The van der Waals surface area contributed by atoms with Gasteiger partial charge in [-0.2, -0.15) is 0 Å². The molecular weight excluding hydrogens is 230 g/mol. The van der Waals surface area contributed by atoms with Crippen molar-refractivity contribution in [3.8, 4) is 0 Å². The summed E-state index contributed by atoms with van der Waals surface area (Å²) in [6.45, 7) is 0. The molecule has 0 unspecified atom stereocenters. The van der Waals surface area contributed by atoms with Crippen LogP contribution in [-0.2, 0) is 10.0 Å². The fourth-order valence-electron chi connectivity index (χ4n) is 0.630. The highest BCUT2D eigenvalue weighted by Gasteiger charge is 2.12. The number of nitrogens with zero attached hydrogens (tertiary/aromatic N) is 1. The van der Waals surface area contributed by atoms with Gasteiger partial charge in [0.25, 0.3) is 0 Å². The fraction of sp³-hybridized carbons (Fsp3) is 0.200. The maximum atomic E-state index is 11.2. The van der Waals surface area contributed by atoms with Crippen molar-refractivity contribution in [3.05, 3.63) is 11.6 Å². The van der Waals surface area contributed by atoms with Gasteiger partial charge in [-0.3, -0.25) is 4.72 Å². The number of anilines is 1. The third-order valence-electron chi connectivity index (χ3n) is 1.01. The van der Waals surface area contributed by atoms with Gasteiger partial charge in [0.05, 0.1) is 4.99 Å². The van der Waals surface area contributed by atoms with E-state index in [0.29, 0.717) is 5.13 Å². The number of sulfonamides is 1. The normalized spacial score (nSPS) is 11.1. The highest BCUT2D eigenvalue weighted by atomic mass is 32.2. The quantitative estimate of drug-likeness (QED) is 0.729. The minimum Gasteiger partial charge on any atom is -0.392 e. The Morgan fingerprint density at radius 2 is 2.46 bits per heavy atom. The lowest BCUT2D eigenvalue weighted by Crippen LogP contribution is -2.26. The number of hydrogen-bond donors (Lipinski definition) is 2. The van der Waals surface area contributed by atoms with E-state index in [9.17, 15) is 8.42 Å². The van der Waals surface area contributed by atoms with E-state index in [2.05, 4.69) is 21.9 Å². The second-order valence-electron chi connectivity index (χ2n) is 2.16. The molecule has 8 heteroatoms. The molecule has 0 saturated carbocycles. The van der Waals surface area contributed by atoms with Crippen molar-refractivity contribution in [2.45, 2.75) is 0 Å². The Kier molecular flexibility index (Phi) is 3.17. The van der Waals surface area contributed by atoms with Crippen LogP contribution in [-0.4, -0.2) is 24.1 Å². The molecule has 0 spiro atoms. The summed E-state index contributed by atoms with van der Waals surface area (Å²) < 4.78 is 24.6. The van der Waals surface area contributed by atoms with Crippen molar-refractivity contribution < 1.29 is 8.42 Å². The van der Waals surface area contributed by atoms with E-state index in [1.165, 1.54) is 17.5 Å². The van der Waals surface area contributed by atoms with E-state index in [1.54, 1.807) is 5.38 Å². The van der Waals surface area contributed by atoms with Crippen molar-refractivity contribution in [2.75, 3.05) is 10.5 Å². The summed E-state index contributed by atoms with van der Waals surface area (Å²) in [5, 5.41) is 1.98. The Labute approximate surface area is 85.0 Å². The van der Waals surface area contributed by atoms with Gasteiger partial charge in [-0.15, -0.1) is 11.3 Å². The molecule has 13 heavy (non-hydrogen) atoms. The molecule has 0 aromatic carbocycles. The van der Waals surface area contributed by atoms with Crippen molar-refractivity contribution in [1.29, 1.82) is 0 Å². The summed E-state index contributed by atoms with van der Waals surface area (Å²) >= 11 is 5.67. The minimum atomic E-state index is -3.47. The molecular formula is C5H7N3O2S3. The van der Waals surface area contributed by atoms with Crippen LogP contribution in [0.2, 0.25) is 0 Å². The second-order valence-corrected chi connectivity index (χ2v) is 5.31. The lowest BCUT2D eigenvalue weighted by atomic mass is 10.8. The molecule has 0 radical (unpaired) electrons. The number of thiocarbonyl (C=S) groups is 1. The molecule has 1 heterocycles. The molecule has 0 aliphatic rings. The standard InChI is InChI=1S/C5H7N3O2S3/c6-4(11)3-13(9,10)8-5-7-1-2-12-5/h1-2H,3H2,(H2,6,11)(H,7,8). The highest BCUT2D eigenvalue weighted by Crippen LogP contribution is 2.12. The Morgan fingerprint density at radius 3 is 2.92 bits per heavy atom. The van der Waals surface area contributed by atoms with E-state index < -0.39 is 10.0 Å². The van der Waals surface area contributed by atoms with Gasteiger partial charge in [-0.25, -0.2) is 13.4 Å². The Morgan fingerprint density at radius 1 is 1.77 bits per heavy atom. The predicted octanol–water partition coefficient (Wildman–Crippen LogP) is 0.171. The van der Waals surface area contributed by atoms with Crippen LogP contribution in [0, 0.1) is 0 Å². The number of aromatic nitrogens is 1. The number of nitrogens with one attached hydrogen (secondary N) is 1. The van der Waals surface area contributed by atoms with Crippen LogP contribution in [0.1, 0.15) is 0 Å². The van der Waals surface area contributed by atoms with Crippen LogP contribution in [0.4, 0.5) is 5.13 Å². The fourth-order valence-corrected chi connectivity index (χ4v) is 2.81. The average molecular weight is 237 g/mol. The van der Waals surface area contributed by atoms with Gasteiger partial charge in [-0.1, -0.05) is 12.2 Å². The molecule has 1 aromatic heterocycles. The molecule has 0 saturated heterocycles. The van der Waals surface area contributed by atoms with Crippen LogP contribution in [0.25, 0.3) is 0 Å². The van der Waals surface area contributed by atoms with Gasteiger partial charge < -0.3 is 5.73 Å². The molecule has 0 aliphatic heterocycles. The third-order valence-corrected chi connectivity index (χ3v) is 3.35. The first-order chi connectivity index (χ1) is 5.99. The average Bonchev–Trinajstić information content (AvgIpc) is 2.34. The molecule has 1 aromatic rings. The first-order valence-electron chi connectivity index (χ1n) is 3.18. The number of hydrogen-bond acceptors (Lipinski definition) is 5. The van der Waals surface area contributed by atoms with Crippen LogP contribution in [0.15, 0.2) is 11.6 Å². The van der Waals surface area contributed by atoms with Gasteiger partial charge in [-0.05, 0) is 0 Å². The zero-order valence-electron chi connectivity index (χ0n) is 6.43. The summed E-state index contributed by atoms with van der Waals surface area (Å²) in [5.41, 5.74) is 5.10. The van der Waals surface area contributed by atoms with Gasteiger partial charge in [0.2, 0.25) is 10.0 Å². The van der Waals surface area contributed by atoms with Gasteiger partial charge in [0.1, 0.15) is 5.75 Å². The summed E-state index contributed by atoms with van der Waals surface area (Å²) in [6.07, 6.45) is 1.50. The molecule has 1 rings (SSSR count). The predicted molar refractivity (Wildman–Crippen MR) is 56.3 cm³/mol. The Bertz CT molecular complexity index is 383. The maximum absolute atomic E-state index is 11.2. The second kappa shape index (κ2) is 3.99. The molecule has 0 fully saturated rings. The smallest absolute Gasteiger partial charge is 0.241 e. The molecule has 3 N–H and O–H groups in total. The number of nitrogens with two attached hydrogens (primary N) is 1. The summed E-state index contributed by atoms with van der Waals surface area (Å²) in [5.74, 6) is -0.359. The highest BCUT2D eigenvalue weighted by molar-refractivity contribution is 7.95. The molecule has 72 valence electrons. The number of rotatable bonds is 4. The minimum absolute atomic E-state index is 0.0657. The maximum Gasteiger partial charge on any atom is 0.241 e. The molecule has 0 amide bonds. The largest absolute Gasteiger partial charge is 0.392 e. The van der Waals surface area contributed by atoms with Gasteiger partial charge in [0.15, 0.2) is 5.13 Å². The van der Waals surface area contributed by atoms with Crippen LogP contribution >= 0.6 is 23.6 Å². The zero-order valence-corrected chi connectivity index (χ0v) is 8.88. The van der Waals surface area contributed by atoms with E-state index in [4.69, 9.17) is 5.73 Å². The van der Waals surface area contributed by atoms with E-state index >= 15 is 0 Å². The SMILES string of the molecule is NC(=S)CS(=O)(=O)Nc1nccs1. The zero-order chi connectivity index (χ0) is 9.90. The van der Waals surface area contributed by atoms with Crippen LogP contribution < -0.4 is 10.5 Å². The molecule has 0 aliphatic carbocycles. The molecule has 0 bridgehead atoms. The molecule has 5 nitrogen and oxygen atoms in total. The Hall–Kier alpha value is -0.730. The van der Waals surface area contributed by atoms with Crippen molar-refractivity contribution in [2.24, 2.45) is 5.73 Å². The summed E-state index contributed by atoms with van der Waals surface area (Å²) in [4.78, 5) is 3.69. The first kappa shape index (κ1) is 10.4. The lowest BCUT2D eigenvalue weighted by Gasteiger charge is -2.02. The van der Waals surface area contributed by atoms with Gasteiger partial charge >= 0.3 is 0 Å². The topological polar surface area (TPSA) is 85.1 Å². The third kappa shape index (κ3) is 3.66. The number of thiazole rings is 1. The summed E-state index contributed by atoms with van der Waals surface area (Å²) in [6, 6.07) is 0. The van der Waals surface area contributed by atoms with Crippen LogP contribution in [0.5, 0.6) is 0 Å². The van der Waals surface area contributed by atoms with E-state index in [1.807, 2.05) is 0 Å². The summed E-state index contributed by atoms with van der Waals surface area (Å²) in [7, 11) is -3.47. The van der Waals surface area contributed by atoms with E-state index in [-0.39, 0.29) is 10.7 Å². The Balaban J connectivity index is 2.68. The van der Waals surface area contributed by atoms with Crippen molar-refractivity contribution in [3.63, 3.8) is 0 Å². The van der Waals surface area contributed by atoms with Crippen molar-refractivity contribution in [1.82, 2.24) is 4.98 Å². The van der Waals surface area contributed by atoms with Gasteiger partial charge in [0, 0.05) is 11.6 Å². The van der Waals surface area contributed by atoms with Crippen LogP contribution in [0.3, 0.4) is 0 Å². The monoisotopic (exact) mass is 237 g/mol. The first-order valence-corrected chi connectivity index (χ1v) is 6.12. The lowest BCUT2D eigenvalue weighted by molar-refractivity contribution is 0.605.